The molecule has 0 atom stereocenters. The molecule has 0 unspecified atom stereocenters. The van der Waals surface area contributed by atoms with E-state index in [1.807, 2.05) is 12.1 Å². The van der Waals surface area contributed by atoms with Crippen molar-refractivity contribution in [1.82, 2.24) is 0 Å². The molecule has 0 amide bonds. The van der Waals surface area contributed by atoms with Crippen molar-refractivity contribution in [2.45, 2.75) is 6.54 Å². The number of methoxy groups -OCH3 is 1. The number of hydrogen-bond acceptors (Lipinski definition) is 2. The minimum absolute atomic E-state index is 0.453. The third kappa shape index (κ3) is 1.74. The van der Waals surface area contributed by atoms with E-state index in [0.29, 0.717) is 12.0 Å². The van der Waals surface area contributed by atoms with Gasteiger partial charge in [-0.05, 0) is 6.07 Å². The van der Waals surface area contributed by atoms with Crippen LogP contribution in [0.2, 0.25) is 0 Å². The molecule has 1 aromatic rings. The Balaban J connectivity index is 3.06. The van der Waals surface area contributed by atoms with Gasteiger partial charge in [-0.1, -0.05) is 17.6 Å². The second-order valence-electron chi connectivity index (χ2n) is 2.28. The van der Waals surface area contributed by atoms with E-state index >= 15 is 0 Å². The molecule has 0 aliphatic carbocycles. The highest BCUT2D eigenvalue weighted by molar-refractivity contribution is 6.32. The lowest BCUT2D eigenvalue weighted by Crippen LogP contribution is -2.07. The molecule has 0 saturated carbocycles. The first-order valence-electron chi connectivity index (χ1n) is 3.40. The van der Waals surface area contributed by atoms with Crippen molar-refractivity contribution in [2.75, 3.05) is 7.11 Å². The van der Waals surface area contributed by atoms with Crippen LogP contribution in [0, 0.1) is 0 Å². The van der Waals surface area contributed by atoms with Crippen LogP contribution >= 0.6 is 0 Å². The lowest BCUT2D eigenvalue weighted by atomic mass is 9.94. The van der Waals surface area contributed by atoms with Crippen LogP contribution in [0.3, 0.4) is 0 Å². The fraction of sp³-hybridized carbons (Fsp3) is 0.250. The van der Waals surface area contributed by atoms with Gasteiger partial charge in [-0.3, -0.25) is 0 Å². The predicted octanol–water partition coefficient (Wildman–Crippen LogP) is -0.0523. The third-order valence-corrected chi connectivity index (χ3v) is 1.52. The summed E-state index contributed by atoms with van der Waals surface area (Å²) in [7, 11) is 7.16. The number of nitrogens with two attached hydrogens (primary N) is 1. The van der Waals surface area contributed by atoms with Gasteiger partial charge in [-0.25, -0.2) is 0 Å². The molecule has 0 spiro atoms. The van der Waals surface area contributed by atoms with Gasteiger partial charge in [0.2, 0.25) is 0 Å². The van der Waals surface area contributed by atoms with E-state index in [9.17, 15) is 0 Å². The largest absolute Gasteiger partial charge is 0.496 e. The first kappa shape index (κ1) is 8.14. The molecule has 0 saturated heterocycles. The summed E-state index contributed by atoms with van der Waals surface area (Å²) in [6.07, 6.45) is 0. The van der Waals surface area contributed by atoms with Gasteiger partial charge < -0.3 is 10.5 Å². The van der Waals surface area contributed by atoms with Gasteiger partial charge in [0.25, 0.3) is 0 Å². The van der Waals surface area contributed by atoms with Crippen molar-refractivity contribution in [3.8, 4) is 5.75 Å². The van der Waals surface area contributed by atoms with E-state index < -0.39 is 0 Å². The fourth-order valence-electron chi connectivity index (χ4n) is 0.958. The molecule has 0 fully saturated rings. The molecule has 3 heteroatoms. The standard InChI is InChI=1S/C8H10BNO/c1-11-8-3-2-7(9)4-6(8)5-10/h2-4H,5,10H2,1H3. The topological polar surface area (TPSA) is 35.2 Å². The van der Waals surface area contributed by atoms with E-state index in [0.717, 1.165) is 11.3 Å². The zero-order valence-corrected chi connectivity index (χ0v) is 6.50. The van der Waals surface area contributed by atoms with Crippen LogP contribution in [-0.2, 0) is 6.54 Å². The minimum Gasteiger partial charge on any atom is -0.496 e. The zero-order chi connectivity index (χ0) is 8.27. The maximum Gasteiger partial charge on any atom is 0.123 e. The van der Waals surface area contributed by atoms with Crippen LogP contribution < -0.4 is 15.9 Å². The molecule has 2 N–H and O–H groups in total. The molecule has 0 aliphatic rings. The van der Waals surface area contributed by atoms with E-state index in [4.69, 9.17) is 18.3 Å². The Labute approximate surface area is 67.8 Å². The quantitative estimate of drug-likeness (QED) is 0.595. The maximum atomic E-state index is 5.55. The summed E-state index contributed by atoms with van der Waals surface area (Å²) in [5, 5.41) is 0. The highest BCUT2D eigenvalue weighted by Gasteiger charge is 1.98. The molecule has 0 aromatic heterocycles. The highest BCUT2D eigenvalue weighted by Crippen LogP contribution is 2.14. The van der Waals surface area contributed by atoms with Crippen molar-refractivity contribution >= 4 is 13.3 Å². The van der Waals surface area contributed by atoms with E-state index in [-0.39, 0.29) is 0 Å². The normalized spacial score (nSPS) is 9.64. The van der Waals surface area contributed by atoms with Crippen LogP contribution in [0.4, 0.5) is 0 Å². The summed E-state index contributed by atoms with van der Waals surface area (Å²) in [6.45, 7) is 0.453. The Bertz CT molecular complexity index is 250. The van der Waals surface area contributed by atoms with E-state index in [1.165, 1.54) is 0 Å². The lowest BCUT2D eigenvalue weighted by molar-refractivity contribution is 0.410. The first-order chi connectivity index (χ1) is 5.27. The average Bonchev–Trinajstić information content (AvgIpc) is 2.04. The summed E-state index contributed by atoms with van der Waals surface area (Å²) < 4.78 is 5.06. The molecule has 2 radical (unpaired) electrons. The summed E-state index contributed by atoms with van der Waals surface area (Å²) >= 11 is 0. The van der Waals surface area contributed by atoms with Gasteiger partial charge in [0.1, 0.15) is 13.6 Å². The third-order valence-electron chi connectivity index (χ3n) is 1.52. The lowest BCUT2D eigenvalue weighted by Gasteiger charge is -2.06. The summed E-state index contributed by atoms with van der Waals surface area (Å²) in [5.74, 6) is 0.793. The molecular formula is C8H10BNO. The molecule has 0 aliphatic heterocycles. The van der Waals surface area contributed by atoms with Crippen LogP contribution in [0.25, 0.3) is 0 Å². The van der Waals surface area contributed by atoms with Gasteiger partial charge >= 0.3 is 0 Å². The molecule has 2 nitrogen and oxygen atoms in total. The Morgan fingerprint density at radius 3 is 2.82 bits per heavy atom. The number of benzene rings is 1. The minimum atomic E-state index is 0.453. The van der Waals surface area contributed by atoms with Crippen LogP contribution in [0.15, 0.2) is 18.2 Å². The first-order valence-corrected chi connectivity index (χ1v) is 3.40. The van der Waals surface area contributed by atoms with Crippen molar-refractivity contribution in [3.05, 3.63) is 23.8 Å². The Morgan fingerprint density at radius 1 is 1.55 bits per heavy atom. The smallest absolute Gasteiger partial charge is 0.123 e. The molecule has 0 bridgehead atoms. The second kappa shape index (κ2) is 3.44. The monoisotopic (exact) mass is 147 g/mol. The predicted molar refractivity (Wildman–Crippen MR) is 46.3 cm³/mol. The fourth-order valence-corrected chi connectivity index (χ4v) is 0.958. The van der Waals surface area contributed by atoms with Crippen LogP contribution in [-0.4, -0.2) is 15.0 Å². The van der Waals surface area contributed by atoms with Crippen molar-refractivity contribution in [1.29, 1.82) is 0 Å². The van der Waals surface area contributed by atoms with Crippen LogP contribution in [0.1, 0.15) is 5.56 Å². The van der Waals surface area contributed by atoms with Crippen molar-refractivity contribution in [2.24, 2.45) is 5.73 Å². The summed E-state index contributed by atoms with van der Waals surface area (Å²) in [4.78, 5) is 0. The van der Waals surface area contributed by atoms with E-state index in [1.54, 1.807) is 13.2 Å². The van der Waals surface area contributed by atoms with Gasteiger partial charge in [0.05, 0.1) is 7.11 Å². The molecule has 1 rings (SSSR count). The SMILES string of the molecule is [B]c1ccc(OC)c(CN)c1. The zero-order valence-electron chi connectivity index (χ0n) is 6.50. The molecule has 1 aromatic carbocycles. The average molecular weight is 147 g/mol. The Kier molecular flexibility index (Phi) is 2.55. The van der Waals surface area contributed by atoms with E-state index in [2.05, 4.69) is 0 Å². The molecular weight excluding hydrogens is 137 g/mol. The molecule has 0 heterocycles. The van der Waals surface area contributed by atoms with Crippen LogP contribution in [0.5, 0.6) is 5.75 Å². The second-order valence-corrected chi connectivity index (χ2v) is 2.28. The summed E-state index contributed by atoms with van der Waals surface area (Å²) in [6, 6.07) is 5.42. The highest BCUT2D eigenvalue weighted by atomic mass is 16.5. The number of ether oxygens (including phenoxy) is 1. The Morgan fingerprint density at radius 2 is 2.27 bits per heavy atom. The molecule has 11 heavy (non-hydrogen) atoms. The van der Waals surface area contributed by atoms with Gasteiger partial charge in [0, 0.05) is 12.1 Å². The van der Waals surface area contributed by atoms with Crippen molar-refractivity contribution < 1.29 is 4.74 Å². The molecule has 56 valence electrons. The summed E-state index contributed by atoms with van der Waals surface area (Å²) in [5.41, 5.74) is 7.11. The number of rotatable bonds is 2. The van der Waals surface area contributed by atoms with Gasteiger partial charge in [-0.15, -0.1) is 0 Å². The number of hydrogen-bond donors (Lipinski definition) is 1. The van der Waals surface area contributed by atoms with Gasteiger partial charge in [-0.2, -0.15) is 0 Å². The van der Waals surface area contributed by atoms with Gasteiger partial charge in [0.15, 0.2) is 0 Å². The van der Waals surface area contributed by atoms with Crippen molar-refractivity contribution in [3.63, 3.8) is 0 Å². The maximum absolute atomic E-state index is 5.55. The Hall–Kier alpha value is -0.955.